The van der Waals surface area contributed by atoms with E-state index < -0.39 is 20.2 Å². The Morgan fingerprint density at radius 3 is 1.11 bits per heavy atom. The van der Waals surface area contributed by atoms with Crippen LogP contribution in [0.2, 0.25) is 0 Å². The van der Waals surface area contributed by atoms with E-state index in [0.717, 1.165) is 22.3 Å². The third-order valence-electron chi connectivity index (χ3n) is 5.46. The molecule has 0 aliphatic carbocycles. The van der Waals surface area contributed by atoms with Crippen molar-refractivity contribution in [2.45, 2.75) is 9.79 Å². The molecular formula is C28H22O6S2. The SMILES string of the molecule is O=S(=O)(O)c1ccccc1/C=C\c1ccc(-c2ccc(/C=C\c3ccccc3S(=O)(=O)O)cc2)cc1. The summed E-state index contributed by atoms with van der Waals surface area (Å²) in [5, 5.41) is 0. The Hall–Kier alpha value is -3.82. The number of hydrogen-bond donors (Lipinski definition) is 2. The van der Waals surface area contributed by atoms with Gasteiger partial charge in [-0.2, -0.15) is 16.8 Å². The summed E-state index contributed by atoms with van der Waals surface area (Å²) in [4.78, 5) is -0.290. The van der Waals surface area contributed by atoms with Crippen LogP contribution in [0.4, 0.5) is 0 Å². The summed E-state index contributed by atoms with van der Waals surface area (Å²) >= 11 is 0. The number of hydrogen-bond acceptors (Lipinski definition) is 4. The van der Waals surface area contributed by atoms with Gasteiger partial charge in [-0.1, -0.05) is 109 Å². The molecule has 0 bridgehead atoms. The Bertz CT molecular complexity index is 1520. The van der Waals surface area contributed by atoms with E-state index in [1.165, 1.54) is 12.1 Å². The van der Waals surface area contributed by atoms with E-state index in [4.69, 9.17) is 0 Å². The van der Waals surface area contributed by atoms with Crippen molar-refractivity contribution >= 4 is 44.5 Å². The van der Waals surface area contributed by atoms with Gasteiger partial charge in [0.15, 0.2) is 0 Å². The highest BCUT2D eigenvalue weighted by Crippen LogP contribution is 2.24. The minimum Gasteiger partial charge on any atom is -0.282 e. The van der Waals surface area contributed by atoms with E-state index in [2.05, 4.69) is 0 Å². The Labute approximate surface area is 210 Å². The van der Waals surface area contributed by atoms with Crippen LogP contribution in [0.5, 0.6) is 0 Å². The molecule has 0 amide bonds. The van der Waals surface area contributed by atoms with E-state index in [9.17, 15) is 25.9 Å². The van der Waals surface area contributed by atoms with Crippen LogP contribution in [0.15, 0.2) is 107 Å². The van der Waals surface area contributed by atoms with Crippen LogP contribution >= 0.6 is 0 Å². The van der Waals surface area contributed by atoms with Gasteiger partial charge in [-0.3, -0.25) is 9.11 Å². The van der Waals surface area contributed by atoms with E-state index in [1.807, 2.05) is 48.5 Å². The second-order valence-electron chi connectivity index (χ2n) is 7.94. The molecule has 0 fully saturated rings. The molecule has 0 saturated carbocycles. The Morgan fingerprint density at radius 1 is 0.444 bits per heavy atom. The minimum atomic E-state index is -4.31. The summed E-state index contributed by atoms with van der Waals surface area (Å²) in [6.45, 7) is 0. The fourth-order valence-corrected chi connectivity index (χ4v) is 5.02. The quantitative estimate of drug-likeness (QED) is 0.223. The van der Waals surface area contributed by atoms with Gasteiger partial charge >= 0.3 is 0 Å². The zero-order valence-corrected chi connectivity index (χ0v) is 20.5. The van der Waals surface area contributed by atoms with Crippen LogP contribution in [0.3, 0.4) is 0 Å². The molecule has 6 nitrogen and oxygen atoms in total. The molecule has 0 aliphatic heterocycles. The highest BCUT2D eigenvalue weighted by molar-refractivity contribution is 7.86. The predicted molar refractivity (Wildman–Crippen MR) is 142 cm³/mol. The van der Waals surface area contributed by atoms with Crippen LogP contribution in [-0.4, -0.2) is 25.9 Å². The zero-order chi connectivity index (χ0) is 25.8. The molecule has 0 unspecified atom stereocenters. The Balaban J connectivity index is 1.49. The molecule has 0 aliphatic rings. The molecule has 8 heteroatoms. The fourth-order valence-electron chi connectivity index (χ4n) is 3.65. The summed E-state index contributed by atoms with van der Waals surface area (Å²) in [5.41, 5.74) is 4.48. The van der Waals surface area contributed by atoms with Crippen molar-refractivity contribution in [3.8, 4) is 11.1 Å². The molecule has 2 N–H and O–H groups in total. The fraction of sp³-hybridized carbons (Fsp3) is 0. The maximum Gasteiger partial charge on any atom is 0.295 e. The molecule has 0 radical (unpaired) electrons. The molecule has 0 atom stereocenters. The van der Waals surface area contributed by atoms with Crippen molar-refractivity contribution in [2.75, 3.05) is 0 Å². The summed E-state index contributed by atoms with van der Waals surface area (Å²) in [5.74, 6) is 0. The summed E-state index contributed by atoms with van der Waals surface area (Å²) in [7, 11) is -8.61. The van der Waals surface area contributed by atoms with E-state index in [0.29, 0.717) is 11.1 Å². The van der Waals surface area contributed by atoms with Gasteiger partial charge in [0.05, 0.1) is 0 Å². The number of benzene rings is 4. The molecule has 0 heterocycles. The van der Waals surface area contributed by atoms with Crippen LogP contribution in [0, 0.1) is 0 Å². The van der Waals surface area contributed by atoms with Crippen molar-refractivity contribution in [1.29, 1.82) is 0 Å². The van der Waals surface area contributed by atoms with Crippen molar-refractivity contribution < 1.29 is 25.9 Å². The topological polar surface area (TPSA) is 109 Å². The Morgan fingerprint density at radius 2 is 0.778 bits per heavy atom. The lowest BCUT2D eigenvalue weighted by molar-refractivity contribution is 0.480. The second-order valence-corrected chi connectivity index (χ2v) is 10.7. The van der Waals surface area contributed by atoms with Gasteiger partial charge < -0.3 is 0 Å². The standard InChI is InChI=1S/C28H22O6S2/c29-35(30,31)27-7-3-1-5-25(27)19-13-21-9-15-23(16-10-21)24-17-11-22(12-18-24)14-20-26-6-2-4-8-28(26)36(32,33)34/h1-20H,(H,29,30,31)(H,32,33,34)/b19-13-,20-14-. The van der Waals surface area contributed by atoms with E-state index >= 15 is 0 Å². The van der Waals surface area contributed by atoms with Gasteiger partial charge in [0, 0.05) is 0 Å². The van der Waals surface area contributed by atoms with Crippen molar-refractivity contribution in [3.05, 3.63) is 119 Å². The Kier molecular flexibility index (Phi) is 7.32. The minimum absolute atomic E-state index is 0.145. The first-order valence-electron chi connectivity index (χ1n) is 10.8. The lowest BCUT2D eigenvalue weighted by Crippen LogP contribution is -2.00. The molecule has 4 aromatic carbocycles. The first kappa shape index (κ1) is 25.3. The van der Waals surface area contributed by atoms with Crippen molar-refractivity contribution in [2.24, 2.45) is 0 Å². The second kappa shape index (κ2) is 10.4. The lowest BCUT2D eigenvalue weighted by atomic mass is 10.0. The highest BCUT2D eigenvalue weighted by atomic mass is 32.2. The third kappa shape index (κ3) is 6.24. The average Bonchev–Trinajstić information content (AvgIpc) is 2.86. The lowest BCUT2D eigenvalue weighted by Gasteiger charge is -2.05. The first-order valence-corrected chi connectivity index (χ1v) is 13.7. The van der Waals surface area contributed by atoms with Crippen LogP contribution < -0.4 is 0 Å². The van der Waals surface area contributed by atoms with Gasteiger partial charge in [-0.25, -0.2) is 0 Å². The predicted octanol–water partition coefficient (Wildman–Crippen LogP) is 6.19. The molecule has 4 aromatic rings. The normalized spacial score (nSPS) is 12.4. The first-order chi connectivity index (χ1) is 17.1. The van der Waals surface area contributed by atoms with Crippen LogP contribution in [-0.2, 0) is 20.2 Å². The van der Waals surface area contributed by atoms with E-state index in [1.54, 1.807) is 60.7 Å². The van der Waals surface area contributed by atoms with Crippen molar-refractivity contribution in [1.82, 2.24) is 0 Å². The highest BCUT2D eigenvalue weighted by Gasteiger charge is 2.13. The summed E-state index contributed by atoms with van der Waals surface area (Å²) in [6, 6.07) is 27.8. The monoisotopic (exact) mass is 518 g/mol. The molecular weight excluding hydrogens is 496 g/mol. The molecule has 4 rings (SSSR count). The van der Waals surface area contributed by atoms with Gasteiger partial charge in [0.2, 0.25) is 0 Å². The molecule has 0 saturated heterocycles. The van der Waals surface area contributed by atoms with Gasteiger partial charge in [0.25, 0.3) is 20.2 Å². The van der Waals surface area contributed by atoms with Crippen LogP contribution in [0.25, 0.3) is 35.4 Å². The van der Waals surface area contributed by atoms with Crippen LogP contribution in [0.1, 0.15) is 22.3 Å². The molecule has 0 spiro atoms. The van der Waals surface area contributed by atoms with Gasteiger partial charge in [-0.05, 0) is 45.5 Å². The van der Waals surface area contributed by atoms with E-state index in [-0.39, 0.29) is 9.79 Å². The molecule has 36 heavy (non-hydrogen) atoms. The smallest absolute Gasteiger partial charge is 0.282 e. The summed E-state index contributed by atoms with van der Waals surface area (Å²) in [6.07, 6.45) is 6.82. The maximum absolute atomic E-state index is 11.5. The average molecular weight is 519 g/mol. The third-order valence-corrected chi connectivity index (χ3v) is 7.31. The summed E-state index contributed by atoms with van der Waals surface area (Å²) < 4.78 is 64.9. The molecule has 0 aromatic heterocycles. The van der Waals surface area contributed by atoms with Gasteiger partial charge in [-0.15, -0.1) is 0 Å². The molecule has 182 valence electrons. The van der Waals surface area contributed by atoms with Gasteiger partial charge in [0.1, 0.15) is 9.79 Å². The zero-order valence-electron chi connectivity index (χ0n) is 18.9. The van der Waals surface area contributed by atoms with Crippen molar-refractivity contribution in [3.63, 3.8) is 0 Å². The number of rotatable bonds is 7. The largest absolute Gasteiger partial charge is 0.295 e. The maximum atomic E-state index is 11.5.